The summed E-state index contributed by atoms with van der Waals surface area (Å²) in [5, 5.41) is 3.00. The summed E-state index contributed by atoms with van der Waals surface area (Å²) in [6.07, 6.45) is 9.17. The first kappa shape index (κ1) is 22.3. The Morgan fingerprint density at radius 3 is 2.35 bits per heavy atom. The highest BCUT2D eigenvalue weighted by molar-refractivity contribution is 7.09. The van der Waals surface area contributed by atoms with Gasteiger partial charge in [-0.15, -0.1) is 11.3 Å². The van der Waals surface area contributed by atoms with Crippen molar-refractivity contribution in [3.63, 3.8) is 0 Å². The van der Waals surface area contributed by atoms with Gasteiger partial charge in [-0.25, -0.2) is 4.98 Å². The molecule has 2 fully saturated rings. The summed E-state index contributed by atoms with van der Waals surface area (Å²) in [4.78, 5) is 21.5. The van der Waals surface area contributed by atoms with Crippen LogP contribution in [0.2, 0.25) is 0 Å². The highest BCUT2D eigenvalue weighted by atomic mass is 32.1. The molecule has 0 saturated carbocycles. The molecule has 2 aliphatic rings. The predicted octanol–water partition coefficient (Wildman–Crippen LogP) is 4.83. The van der Waals surface area contributed by atoms with E-state index in [-0.39, 0.29) is 12.0 Å². The number of nitrogens with zero attached hydrogens (tertiary/aromatic N) is 3. The quantitative estimate of drug-likeness (QED) is 0.644. The SMILES string of the molecule is Cc1nc(CC(=O)N2CCC(Oc3ccc(CN4CCCCCCC4)cc3)CC2)cs1. The van der Waals surface area contributed by atoms with Crippen LogP contribution in [0.1, 0.15) is 61.2 Å². The number of carbonyl (C=O) groups is 1. The molecule has 0 unspecified atom stereocenters. The van der Waals surface area contributed by atoms with Crippen LogP contribution in [0, 0.1) is 6.92 Å². The summed E-state index contributed by atoms with van der Waals surface area (Å²) >= 11 is 1.60. The topological polar surface area (TPSA) is 45.7 Å². The minimum Gasteiger partial charge on any atom is -0.490 e. The number of thiazole rings is 1. The van der Waals surface area contributed by atoms with E-state index in [1.165, 1.54) is 50.8 Å². The van der Waals surface area contributed by atoms with Crippen molar-refractivity contribution in [2.75, 3.05) is 26.2 Å². The van der Waals surface area contributed by atoms with Crippen molar-refractivity contribution in [3.8, 4) is 5.75 Å². The third kappa shape index (κ3) is 6.78. The maximum atomic E-state index is 12.5. The molecule has 0 aliphatic carbocycles. The lowest BCUT2D eigenvalue weighted by Crippen LogP contribution is -2.42. The second-order valence-electron chi connectivity index (χ2n) is 8.92. The van der Waals surface area contributed by atoms with Gasteiger partial charge in [0.15, 0.2) is 0 Å². The molecule has 168 valence electrons. The van der Waals surface area contributed by atoms with E-state index in [0.29, 0.717) is 6.42 Å². The van der Waals surface area contributed by atoms with E-state index >= 15 is 0 Å². The number of hydrogen-bond acceptors (Lipinski definition) is 5. The zero-order valence-corrected chi connectivity index (χ0v) is 19.5. The van der Waals surface area contributed by atoms with E-state index in [1.807, 2.05) is 17.2 Å². The molecule has 0 spiro atoms. The largest absolute Gasteiger partial charge is 0.490 e. The molecular formula is C25H35N3O2S. The Kier molecular flexibility index (Phi) is 7.97. The number of benzene rings is 1. The first-order valence-corrected chi connectivity index (χ1v) is 12.7. The summed E-state index contributed by atoms with van der Waals surface area (Å²) in [5.74, 6) is 1.12. The third-order valence-electron chi connectivity index (χ3n) is 6.37. The molecule has 6 heteroatoms. The van der Waals surface area contributed by atoms with Gasteiger partial charge in [-0.05, 0) is 50.6 Å². The normalized spacial score (nSPS) is 19.1. The number of hydrogen-bond donors (Lipinski definition) is 0. The van der Waals surface area contributed by atoms with Gasteiger partial charge < -0.3 is 9.64 Å². The maximum absolute atomic E-state index is 12.5. The molecular weight excluding hydrogens is 406 g/mol. The molecule has 3 heterocycles. The van der Waals surface area contributed by atoms with E-state index in [1.54, 1.807) is 11.3 Å². The number of amides is 1. The average Bonchev–Trinajstić information content (AvgIpc) is 3.16. The predicted molar refractivity (Wildman–Crippen MR) is 126 cm³/mol. The zero-order valence-electron chi connectivity index (χ0n) is 18.7. The Morgan fingerprint density at radius 2 is 1.71 bits per heavy atom. The highest BCUT2D eigenvalue weighted by Crippen LogP contribution is 2.21. The van der Waals surface area contributed by atoms with Crippen molar-refractivity contribution in [1.29, 1.82) is 0 Å². The lowest BCUT2D eigenvalue weighted by atomic mass is 10.1. The Balaban J connectivity index is 1.20. The average molecular weight is 442 g/mol. The molecule has 31 heavy (non-hydrogen) atoms. The smallest absolute Gasteiger partial charge is 0.228 e. The van der Waals surface area contributed by atoms with Crippen molar-refractivity contribution in [2.45, 2.75) is 70.9 Å². The van der Waals surface area contributed by atoms with E-state index in [4.69, 9.17) is 4.74 Å². The Bertz CT molecular complexity index is 820. The van der Waals surface area contributed by atoms with Gasteiger partial charge in [0.05, 0.1) is 17.1 Å². The van der Waals surface area contributed by atoms with E-state index in [2.05, 4.69) is 34.1 Å². The van der Waals surface area contributed by atoms with Crippen molar-refractivity contribution >= 4 is 17.2 Å². The van der Waals surface area contributed by atoms with Crippen LogP contribution >= 0.6 is 11.3 Å². The Hall–Kier alpha value is -1.92. The van der Waals surface area contributed by atoms with Gasteiger partial charge in [-0.2, -0.15) is 0 Å². The van der Waals surface area contributed by atoms with Gasteiger partial charge in [-0.3, -0.25) is 9.69 Å². The molecule has 0 atom stereocenters. The molecule has 2 aromatic rings. The third-order valence-corrected chi connectivity index (χ3v) is 7.20. The first-order valence-electron chi connectivity index (χ1n) is 11.8. The van der Waals surface area contributed by atoms with E-state index in [0.717, 1.165) is 48.9 Å². The number of aryl methyl sites for hydroxylation is 1. The van der Waals surface area contributed by atoms with Crippen LogP contribution in [0.4, 0.5) is 0 Å². The van der Waals surface area contributed by atoms with E-state index < -0.39 is 0 Å². The summed E-state index contributed by atoms with van der Waals surface area (Å²) < 4.78 is 6.22. The fraction of sp³-hybridized carbons (Fsp3) is 0.600. The second kappa shape index (κ2) is 11.1. The standard InChI is InChI=1S/C25H35N3O2S/c1-20-26-22(19-31-20)17-25(29)28-15-11-24(12-16-28)30-23-9-7-21(8-10-23)18-27-13-5-3-2-4-6-14-27/h7-10,19,24H,2-6,11-18H2,1H3. The van der Waals surface area contributed by atoms with Gasteiger partial charge in [0.1, 0.15) is 11.9 Å². The fourth-order valence-corrected chi connectivity index (χ4v) is 5.19. The van der Waals surface area contributed by atoms with E-state index in [9.17, 15) is 4.79 Å². The molecule has 0 bridgehead atoms. The van der Waals surface area contributed by atoms with Crippen molar-refractivity contribution in [2.24, 2.45) is 0 Å². The highest BCUT2D eigenvalue weighted by Gasteiger charge is 2.24. The summed E-state index contributed by atoms with van der Waals surface area (Å²) in [6, 6.07) is 8.65. The van der Waals surface area contributed by atoms with Gasteiger partial charge in [-0.1, -0.05) is 31.4 Å². The fourth-order valence-electron chi connectivity index (χ4n) is 4.57. The van der Waals surface area contributed by atoms with Crippen molar-refractivity contribution in [1.82, 2.24) is 14.8 Å². The van der Waals surface area contributed by atoms with Crippen LogP contribution in [-0.4, -0.2) is 53.0 Å². The minimum absolute atomic E-state index is 0.178. The molecule has 0 N–H and O–H groups in total. The molecule has 5 nitrogen and oxygen atoms in total. The van der Waals surface area contributed by atoms with Crippen LogP contribution in [0.5, 0.6) is 5.75 Å². The molecule has 0 radical (unpaired) electrons. The van der Waals surface area contributed by atoms with Crippen LogP contribution in [0.3, 0.4) is 0 Å². The molecule has 4 rings (SSSR count). The summed E-state index contributed by atoms with van der Waals surface area (Å²) in [7, 11) is 0. The number of carbonyl (C=O) groups excluding carboxylic acids is 1. The lowest BCUT2D eigenvalue weighted by molar-refractivity contribution is -0.132. The molecule has 1 aromatic heterocycles. The summed E-state index contributed by atoms with van der Waals surface area (Å²) in [6.45, 7) is 6.98. The van der Waals surface area contributed by atoms with Crippen LogP contribution in [0.25, 0.3) is 0 Å². The zero-order chi connectivity index (χ0) is 21.5. The van der Waals surface area contributed by atoms with Gasteiger partial charge >= 0.3 is 0 Å². The molecule has 2 aliphatic heterocycles. The Morgan fingerprint density at radius 1 is 1.03 bits per heavy atom. The minimum atomic E-state index is 0.178. The number of likely N-dealkylation sites (tertiary alicyclic amines) is 2. The number of rotatable bonds is 6. The van der Waals surface area contributed by atoms with Crippen molar-refractivity contribution in [3.05, 3.63) is 45.9 Å². The number of ether oxygens (including phenoxy) is 1. The van der Waals surface area contributed by atoms with Gasteiger partial charge in [0.2, 0.25) is 5.91 Å². The van der Waals surface area contributed by atoms with Crippen LogP contribution in [0.15, 0.2) is 29.6 Å². The van der Waals surface area contributed by atoms with Gasteiger partial charge in [0.25, 0.3) is 0 Å². The number of aromatic nitrogens is 1. The first-order chi connectivity index (χ1) is 15.2. The van der Waals surface area contributed by atoms with Crippen molar-refractivity contribution < 1.29 is 9.53 Å². The Labute approximate surface area is 190 Å². The second-order valence-corrected chi connectivity index (χ2v) is 9.98. The molecule has 2 saturated heterocycles. The van der Waals surface area contributed by atoms with Crippen LogP contribution in [-0.2, 0) is 17.8 Å². The molecule has 1 amide bonds. The maximum Gasteiger partial charge on any atom is 0.228 e. The van der Waals surface area contributed by atoms with Crippen LogP contribution < -0.4 is 4.74 Å². The number of piperidine rings is 1. The summed E-state index contributed by atoms with van der Waals surface area (Å²) in [5.41, 5.74) is 2.26. The lowest BCUT2D eigenvalue weighted by Gasteiger charge is -2.32. The molecule has 1 aromatic carbocycles. The van der Waals surface area contributed by atoms with Gasteiger partial charge in [0, 0.05) is 37.9 Å². The monoisotopic (exact) mass is 441 g/mol.